The van der Waals surface area contributed by atoms with Gasteiger partial charge in [0, 0.05) is 17.4 Å². The van der Waals surface area contributed by atoms with Gasteiger partial charge in [-0.05, 0) is 169 Å². The second kappa shape index (κ2) is 12.1. The minimum atomic E-state index is -0.904. The molecule has 5 aliphatic carbocycles. The van der Waals surface area contributed by atoms with Crippen LogP contribution < -0.4 is 5.73 Å². The van der Waals surface area contributed by atoms with E-state index in [1.807, 2.05) is 0 Å². The molecule has 0 bridgehead atoms. The first-order valence-electron chi connectivity index (χ1n) is 20.0. The number of rotatable bonds is 9. The van der Waals surface area contributed by atoms with Gasteiger partial charge in [0.1, 0.15) is 6.10 Å². The molecule has 0 aromatic rings. The van der Waals surface area contributed by atoms with E-state index in [0.717, 1.165) is 31.1 Å². The average molecular weight is 665 g/mol. The number of carboxylic acids is 1. The fourth-order valence-corrected chi connectivity index (χ4v) is 14.2. The highest BCUT2D eigenvalue weighted by Gasteiger charge is 2.74. The first-order valence-corrected chi connectivity index (χ1v) is 20.0. The predicted octanol–water partition coefficient (Wildman–Crippen LogP) is 10.0. The van der Waals surface area contributed by atoms with E-state index in [0.29, 0.717) is 34.8 Å². The molecule has 0 aromatic carbocycles. The summed E-state index contributed by atoms with van der Waals surface area (Å²) in [5, 5.41) is 9.73. The van der Waals surface area contributed by atoms with Gasteiger partial charge in [0.25, 0.3) is 0 Å². The summed E-state index contributed by atoms with van der Waals surface area (Å²) in [6, 6.07) is 0. The molecule has 6 aliphatic rings. The molecule has 6 rings (SSSR count). The largest absolute Gasteiger partial charge is 0.495 e. The molecule has 5 heteroatoms. The summed E-state index contributed by atoms with van der Waals surface area (Å²) in [6.45, 7) is 31.3. The number of hydrogen-bond donors (Lipinski definition) is 2. The smallest absolute Gasteiger partial charge is 0.309 e. The van der Waals surface area contributed by atoms with Gasteiger partial charge in [-0.3, -0.25) is 4.79 Å². The van der Waals surface area contributed by atoms with E-state index in [4.69, 9.17) is 10.5 Å². The molecule has 1 saturated heterocycles. The number of nitrogens with zero attached hydrogens (tertiary/aromatic N) is 1. The van der Waals surface area contributed by atoms with E-state index >= 15 is 0 Å². The number of nitrogens with two attached hydrogens (primary N) is 1. The van der Waals surface area contributed by atoms with Crippen molar-refractivity contribution in [2.75, 3.05) is 19.6 Å². The molecule has 0 radical (unpaired) electrons. The van der Waals surface area contributed by atoms with Gasteiger partial charge >= 0.3 is 5.97 Å². The zero-order chi connectivity index (χ0) is 35.1. The highest BCUT2D eigenvalue weighted by molar-refractivity contribution is 5.73. The fourth-order valence-electron chi connectivity index (χ4n) is 14.2. The van der Waals surface area contributed by atoms with Crippen LogP contribution in [0.1, 0.15) is 152 Å². The number of carboxylic acid groups (broad SMARTS) is 1. The zero-order valence-electron chi connectivity index (χ0n) is 32.3. The molecular weight excluding hydrogens is 592 g/mol. The lowest BCUT2D eigenvalue weighted by molar-refractivity contribution is -0.256. The lowest BCUT2D eigenvalue weighted by Crippen LogP contribution is -2.77. The van der Waals surface area contributed by atoms with Crippen LogP contribution in [-0.2, 0) is 9.53 Å². The van der Waals surface area contributed by atoms with Crippen molar-refractivity contribution >= 4 is 5.97 Å². The van der Waals surface area contributed by atoms with Gasteiger partial charge in [-0.15, -0.1) is 0 Å². The van der Waals surface area contributed by atoms with E-state index < -0.39 is 11.4 Å². The van der Waals surface area contributed by atoms with E-state index in [2.05, 4.69) is 59.6 Å². The molecule has 0 aromatic heterocycles. The Hall–Kier alpha value is -1.33. The highest BCUT2D eigenvalue weighted by atomic mass is 16.5. The van der Waals surface area contributed by atoms with Crippen molar-refractivity contribution in [2.45, 2.75) is 163 Å². The summed E-state index contributed by atoms with van der Waals surface area (Å²) >= 11 is 0. The Kier molecular flexibility index (Phi) is 9.22. The Morgan fingerprint density at radius 1 is 0.875 bits per heavy atom. The first kappa shape index (κ1) is 36.5. The van der Waals surface area contributed by atoms with Crippen LogP contribution in [-0.4, -0.2) is 47.3 Å². The predicted molar refractivity (Wildman–Crippen MR) is 197 cm³/mol. The maximum absolute atomic E-state index is 11.9. The van der Waals surface area contributed by atoms with Gasteiger partial charge in [0.2, 0.25) is 0 Å². The summed E-state index contributed by atoms with van der Waals surface area (Å²) in [6.07, 6.45) is 18.2. The van der Waals surface area contributed by atoms with Crippen LogP contribution in [0.2, 0.25) is 0 Å². The number of piperidine rings is 1. The Bertz CT molecular complexity index is 1280. The van der Waals surface area contributed by atoms with E-state index in [1.165, 1.54) is 95.8 Å². The summed E-state index contributed by atoms with van der Waals surface area (Å²) in [4.78, 5) is 14.6. The molecule has 1 unspecified atom stereocenters. The SMILES string of the molecule is C=C(CC(C)(C)C(=O)O)O[C@H]1CC[C@]2(C)[C@H]3CC[C@@H]4[C@H]5[C@H](C(=C)C)CCC5(CCN5CCCCC5)CC[C@@]4(C)[C@]3(C)CC[C@@]2(N)C1(C)C. The minimum Gasteiger partial charge on any atom is -0.495 e. The molecule has 1 aliphatic heterocycles. The van der Waals surface area contributed by atoms with Crippen LogP contribution in [0.15, 0.2) is 24.5 Å². The van der Waals surface area contributed by atoms with Gasteiger partial charge in [0.05, 0.1) is 11.2 Å². The van der Waals surface area contributed by atoms with Crippen LogP contribution in [0.4, 0.5) is 0 Å². The summed E-state index contributed by atoms with van der Waals surface area (Å²) in [7, 11) is 0. The maximum atomic E-state index is 11.9. The van der Waals surface area contributed by atoms with E-state index in [-0.39, 0.29) is 27.9 Å². The van der Waals surface area contributed by atoms with E-state index in [1.54, 1.807) is 13.8 Å². The first-order chi connectivity index (χ1) is 22.3. The third-order valence-electron chi connectivity index (χ3n) is 17.6. The molecule has 10 atom stereocenters. The standard InChI is InChI=1S/C43H72N2O3/c1-29(2)31-16-19-42(24-27-45-25-12-11-13-26-45)22-20-39(8)32(35(31)42)14-15-33-40(39,9)21-23-43(44)38(6,7)34(17-18-41(33,43)10)48-30(3)28-37(4,5)36(46)47/h31-35H,1,3,11-28,44H2,2,4-10H3,(H,46,47)/t31-,32+,33-,34-,35+,39+,40+,41+,42?,43+/m0/s1. The maximum Gasteiger partial charge on any atom is 0.309 e. The van der Waals surface area contributed by atoms with Gasteiger partial charge in [-0.2, -0.15) is 0 Å². The van der Waals surface area contributed by atoms with Gasteiger partial charge < -0.3 is 20.5 Å². The van der Waals surface area contributed by atoms with Crippen molar-refractivity contribution in [1.82, 2.24) is 4.90 Å². The number of carbonyl (C=O) groups is 1. The third kappa shape index (κ3) is 5.23. The average Bonchev–Trinajstić information content (AvgIpc) is 3.40. The number of fused-ring (bicyclic) bond motifs is 7. The summed E-state index contributed by atoms with van der Waals surface area (Å²) < 4.78 is 6.63. The topological polar surface area (TPSA) is 75.8 Å². The van der Waals surface area contributed by atoms with Crippen LogP contribution in [0.25, 0.3) is 0 Å². The van der Waals surface area contributed by atoms with Crippen molar-refractivity contribution in [3.8, 4) is 0 Å². The Balaban J connectivity index is 1.26. The second-order valence-corrected chi connectivity index (χ2v) is 20.3. The summed E-state index contributed by atoms with van der Waals surface area (Å²) in [5.74, 6) is 2.56. The third-order valence-corrected chi connectivity index (χ3v) is 17.6. The van der Waals surface area contributed by atoms with Crippen molar-refractivity contribution in [1.29, 1.82) is 0 Å². The van der Waals surface area contributed by atoms with Crippen molar-refractivity contribution in [3.05, 3.63) is 24.5 Å². The van der Waals surface area contributed by atoms with Crippen molar-refractivity contribution in [2.24, 2.45) is 61.9 Å². The monoisotopic (exact) mass is 665 g/mol. The molecule has 3 N–H and O–H groups in total. The van der Waals surface area contributed by atoms with Gasteiger partial charge in [-0.1, -0.05) is 59.8 Å². The molecule has 5 nitrogen and oxygen atoms in total. The quantitative estimate of drug-likeness (QED) is 0.190. The molecular formula is C43H72N2O3. The van der Waals surface area contributed by atoms with Crippen LogP contribution in [0.3, 0.4) is 0 Å². The van der Waals surface area contributed by atoms with Gasteiger partial charge in [0.15, 0.2) is 0 Å². The Morgan fingerprint density at radius 3 is 2.19 bits per heavy atom. The fraction of sp³-hybridized carbons (Fsp3) is 0.884. The molecule has 0 spiro atoms. The van der Waals surface area contributed by atoms with Gasteiger partial charge in [-0.25, -0.2) is 0 Å². The van der Waals surface area contributed by atoms with E-state index in [9.17, 15) is 9.90 Å². The Morgan fingerprint density at radius 2 is 1.54 bits per heavy atom. The minimum absolute atomic E-state index is 0.0191. The van der Waals surface area contributed by atoms with Crippen LogP contribution in [0.5, 0.6) is 0 Å². The lowest BCUT2D eigenvalue weighted by Gasteiger charge is -2.75. The van der Waals surface area contributed by atoms with Crippen LogP contribution in [0, 0.1) is 56.2 Å². The normalized spacial score (nSPS) is 45.6. The Labute approximate surface area is 294 Å². The van der Waals surface area contributed by atoms with Crippen molar-refractivity contribution < 1.29 is 14.6 Å². The lowest BCUT2D eigenvalue weighted by atomic mass is 9.30. The number of hydrogen-bond acceptors (Lipinski definition) is 4. The molecule has 1 heterocycles. The highest BCUT2D eigenvalue weighted by Crippen LogP contribution is 2.78. The molecule has 272 valence electrons. The number of aliphatic carboxylic acids is 1. The summed E-state index contributed by atoms with van der Waals surface area (Å²) in [5.41, 5.74) is 8.85. The number of ether oxygens (including phenoxy) is 1. The molecule has 5 saturated carbocycles. The van der Waals surface area contributed by atoms with Crippen molar-refractivity contribution in [3.63, 3.8) is 0 Å². The number of allylic oxidation sites excluding steroid dienone is 2. The number of likely N-dealkylation sites (tertiary alicyclic amines) is 1. The zero-order valence-corrected chi connectivity index (χ0v) is 32.3. The second-order valence-electron chi connectivity index (χ2n) is 20.3. The van der Waals surface area contributed by atoms with Crippen LogP contribution >= 0.6 is 0 Å². The molecule has 48 heavy (non-hydrogen) atoms. The molecule has 0 amide bonds. The molecule has 6 fully saturated rings.